The van der Waals surface area contributed by atoms with Crippen molar-refractivity contribution < 1.29 is 19.0 Å². The SMILES string of the molecule is O=C(c1cccs1)N1CC2(CC(OCC3CCOCC3)CCO2)C1. The molecule has 4 heterocycles. The first-order valence-electron chi connectivity index (χ1n) is 8.90. The van der Waals surface area contributed by atoms with Crippen molar-refractivity contribution in [1.29, 1.82) is 0 Å². The normalized spacial score (nSPS) is 27.2. The van der Waals surface area contributed by atoms with Crippen molar-refractivity contribution >= 4 is 17.2 Å². The van der Waals surface area contributed by atoms with Crippen LogP contribution < -0.4 is 0 Å². The highest BCUT2D eigenvalue weighted by Crippen LogP contribution is 2.36. The Labute approximate surface area is 146 Å². The van der Waals surface area contributed by atoms with Gasteiger partial charge in [0.25, 0.3) is 5.91 Å². The van der Waals surface area contributed by atoms with Crippen LogP contribution in [-0.2, 0) is 14.2 Å². The molecular formula is C18H25NO4S. The van der Waals surface area contributed by atoms with E-state index in [1.807, 2.05) is 22.4 Å². The molecule has 1 unspecified atom stereocenters. The molecule has 1 aromatic rings. The number of nitrogens with zero attached hydrogens (tertiary/aromatic N) is 1. The van der Waals surface area contributed by atoms with E-state index in [1.165, 1.54) is 11.3 Å². The molecule has 0 N–H and O–H groups in total. The summed E-state index contributed by atoms with van der Waals surface area (Å²) in [5, 5.41) is 1.94. The number of hydrogen-bond acceptors (Lipinski definition) is 5. The van der Waals surface area contributed by atoms with Gasteiger partial charge in [0.1, 0.15) is 5.60 Å². The van der Waals surface area contributed by atoms with E-state index < -0.39 is 0 Å². The fourth-order valence-electron chi connectivity index (χ4n) is 3.88. The second kappa shape index (κ2) is 7.12. The second-order valence-electron chi connectivity index (χ2n) is 7.17. The molecule has 1 aromatic heterocycles. The molecule has 3 saturated heterocycles. The van der Waals surface area contributed by atoms with Gasteiger partial charge in [-0.2, -0.15) is 0 Å². The van der Waals surface area contributed by atoms with Crippen molar-refractivity contribution in [2.45, 2.75) is 37.4 Å². The van der Waals surface area contributed by atoms with Crippen molar-refractivity contribution in [1.82, 2.24) is 4.90 Å². The van der Waals surface area contributed by atoms with Gasteiger partial charge in [-0.3, -0.25) is 4.79 Å². The quantitative estimate of drug-likeness (QED) is 0.836. The third-order valence-electron chi connectivity index (χ3n) is 5.33. The van der Waals surface area contributed by atoms with Gasteiger partial charge in [0.2, 0.25) is 0 Å². The van der Waals surface area contributed by atoms with Crippen LogP contribution in [0.4, 0.5) is 0 Å². The van der Waals surface area contributed by atoms with Crippen molar-refractivity contribution in [3.63, 3.8) is 0 Å². The van der Waals surface area contributed by atoms with Crippen molar-refractivity contribution in [3.05, 3.63) is 22.4 Å². The highest BCUT2D eigenvalue weighted by molar-refractivity contribution is 7.12. The van der Waals surface area contributed by atoms with E-state index >= 15 is 0 Å². The molecule has 0 radical (unpaired) electrons. The van der Waals surface area contributed by atoms with Crippen molar-refractivity contribution in [2.75, 3.05) is 39.5 Å². The van der Waals surface area contributed by atoms with Crippen LogP contribution in [0.2, 0.25) is 0 Å². The van der Waals surface area contributed by atoms with E-state index in [-0.39, 0.29) is 17.6 Å². The first-order valence-corrected chi connectivity index (χ1v) is 9.78. The molecule has 0 saturated carbocycles. The maximum atomic E-state index is 12.4. The number of ether oxygens (including phenoxy) is 3. The summed E-state index contributed by atoms with van der Waals surface area (Å²) in [6.07, 6.45) is 4.35. The molecule has 132 valence electrons. The van der Waals surface area contributed by atoms with Gasteiger partial charge in [-0.1, -0.05) is 6.07 Å². The van der Waals surface area contributed by atoms with Gasteiger partial charge in [0.05, 0.1) is 24.1 Å². The summed E-state index contributed by atoms with van der Waals surface area (Å²) in [6.45, 7) is 4.69. The summed E-state index contributed by atoms with van der Waals surface area (Å²) < 4.78 is 17.6. The first kappa shape index (κ1) is 16.5. The molecule has 24 heavy (non-hydrogen) atoms. The Bertz CT molecular complexity index is 549. The summed E-state index contributed by atoms with van der Waals surface area (Å²) in [4.78, 5) is 15.1. The zero-order valence-electron chi connectivity index (χ0n) is 13.9. The topological polar surface area (TPSA) is 48.0 Å². The maximum Gasteiger partial charge on any atom is 0.264 e. The lowest BCUT2D eigenvalue weighted by Crippen LogP contribution is -2.67. The Balaban J connectivity index is 1.26. The lowest BCUT2D eigenvalue weighted by Gasteiger charge is -2.53. The minimum absolute atomic E-state index is 0.129. The van der Waals surface area contributed by atoms with Gasteiger partial charge >= 0.3 is 0 Å². The van der Waals surface area contributed by atoms with E-state index in [4.69, 9.17) is 14.2 Å². The molecule has 5 nitrogen and oxygen atoms in total. The summed E-state index contributed by atoms with van der Waals surface area (Å²) in [5.74, 6) is 0.764. The minimum Gasteiger partial charge on any atom is -0.381 e. The van der Waals surface area contributed by atoms with E-state index in [1.54, 1.807) is 0 Å². The zero-order chi connectivity index (χ0) is 16.4. The van der Waals surface area contributed by atoms with E-state index in [9.17, 15) is 4.79 Å². The van der Waals surface area contributed by atoms with Crippen molar-refractivity contribution in [3.8, 4) is 0 Å². The fourth-order valence-corrected chi connectivity index (χ4v) is 4.57. The number of carbonyl (C=O) groups is 1. The van der Waals surface area contributed by atoms with Crippen LogP contribution in [0.1, 0.15) is 35.4 Å². The van der Waals surface area contributed by atoms with Crippen LogP contribution in [0, 0.1) is 5.92 Å². The summed E-state index contributed by atoms with van der Waals surface area (Å²) in [5.41, 5.74) is -0.175. The third-order valence-corrected chi connectivity index (χ3v) is 6.19. The molecule has 3 fully saturated rings. The summed E-state index contributed by atoms with van der Waals surface area (Å²) >= 11 is 1.50. The van der Waals surface area contributed by atoms with Gasteiger partial charge in [-0.05, 0) is 36.6 Å². The Morgan fingerprint density at radius 2 is 2.12 bits per heavy atom. The molecule has 1 atom stereocenters. The Morgan fingerprint density at radius 1 is 1.29 bits per heavy atom. The van der Waals surface area contributed by atoms with E-state index in [0.29, 0.717) is 19.0 Å². The molecule has 0 bridgehead atoms. The number of rotatable bonds is 4. The Hall–Kier alpha value is -0.950. The van der Waals surface area contributed by atoms with Crippen LogP contribution in [0.25, 0.3) is 0 Å². The predicted molar refractivity (Wildman–Crippen MR) is 91.4 cm³/mol. The van der Waals surface area contributed by atoms with Gasteiger partial charge in [0.15, 0.2) is 0 Å². The molecule has 6 heteroatoms. The standard InChI is InChI=1S/C18H25NO4S/c20-17(16-2-1-9-24-16)19-12-18(13-19)10-15(5-8-23-18)22-11-14-3-6-21-7-4-14/h1-2,9,14-15H,3-8,10-13H2. The van der Waals surface area contributed by atoms with E-state index in [0.717, 1.165) is 57.0 Å². The minimum atomic E-state index is -0.175. The predicted octanol–water partition coefficient (Wildman–Crippen LogP) is 2.56. The fraction of sp³-hybridized carbons (Fsp3) is 0.722. The van der Waals surface area contributed by atoms with Gasteiger partial charge in [-0.15, -0.1) is 11.3 Å². The molecule has 3 aliphatic heterocycles. The van der Waals surface area contributed by atoms with Crippen LogP contribution in [-0.4, -0.2) is 62.0 Å². The smallest absolute Gasteiger partial charge is 0.264 e. The maximum absolute atomic E-state index is 12.4. The third kappa shape index (κ3) is 3.52. The van der Waals surface area contributed by atoms with Crippen LogP contribution in [0.3, 0.4) is 0 Å². The van der Waals surface area contributed by atoms with E-state index in [2.05, 4.69) is 0 Å². The number of hydrogen-bond donors (Lipinski definition) is 0. The molecular weight excluding hydrogens is 326 g/mol. The highest BCUT2D eigenvalue weighted by Gasteiger charge is 2.49. The second-order valence-corrected chi connectivity index (χ2v) is 8.12. The van der Waals surface area contributed by atoms with Crippen LogP contribution >= 0.6 is 11.3 Å². The van der Waals surface area contributed by atoms with Gasteiger partial charge in [0, 0.05) is 32.8 Å². The molecule has 1 spiro atoms. The lowest BCUT2D eigenvalue weighted by atomic mass is 9.84. The first-order chi connectivity index (χ1) is 11.7. The molecule has 1 amide bonds. The number of thiophene rings is 1. The van der Waals surface area contributed by atoms with Crippen LogP contribution in [0.15, 0.2) is 17.5 Å². The average molecular weight is 351 g/mol. The monoisotopic (exact) mass is 351 g/mol. The zero-order valence-corrected chi connectivity index (χ0v) is 14.8. The van der Waals surface area contributed by atoms with Crippen LogP contribution in [0.5, 0.6) is 0 Å². The molecule has 0 aromatic carbocycles. The molecule has 4 rings (SSSR count). The number of likely N-dealkylation sites (tertiary alicyclic amines) is 1. The van der Waals surface area contributed by atoms with Gasteiger partial charge < -0.3 is 19.1 Å². The van der Waals surface area contributed by atoms with Gasteiger partial charge in [-0.25, -0.2) is 0 Å². The molecule has 3 aliphatic rings. The Kier molecular flexibility index (Phi) is 4.90. The molecule has 0 aliphatic carbocycles. The lowest BCUT2D eigenvalue weighted by molar-refractivity contribution is -0.188. The Morgan fingerprint density at radius 3 is 2.88 bits per heavy atom. The summed E-state index contributed by atoms with van der Waals surface area (Å²) in [6, 6.07) is 3.81. The average Bonchev–Trinajstić information content (AvgIpc) is 3.13. The number of carbonyl (C=O) groups excluding carboxylic acids is 1. The summed E-state index contributed by atoms with van der Waals surface area (Å²) in [7, 11) is 0. The highest BCUT2D eigenvalue weighted by atomic mass is 32.1. The number of amides is 1. The largest absolute Gasteiger partial charge is 0.381 e. The van der Waals surface area contributed by atoms with Crippen molar-refractivity contribution in [2.24, 2.45) is 5.92 Å².